The Hall–Kier alpha value is -1.13. The third-order valence-corrected chi connectivity index (χ3v) is 2.44. The first-order valence-electron chi connectivity index (χ1n) is 5.33. The van der Waals surface area contributed by atoms with Crippen LogP contribution in [0.1, 0.15) is 18.9 Å². The van der Waals surface area contributed by atoms with Crippen LogP contribution >= 0.6 is 0 Å². The van der Waals surface area contributed by atoms with Crippen molar-refractivity contribution in [3.05, 3.63) is 29.6 Å². The summed E-state index contributed by atoms with van der Waals surface area (Å²) in [6.07, 6.45) is 0.882. The van der Waals surface area contributed by atoms with E-state index >= 15 is 0 Å². The average Bonchev–Trinajstić information content (AvgIpc) is 2.27. The molecule has 16 heavy (non-hydrogen) atoms. The van der Waals surface area contributed by atoms with Crippen LogP contribution in [0.25, 0.3) is 0 Å². The molecule has 0 spiro atoms. The standard InChI is InChI=1S/C12H18FNO2/c1-9(5-6-16-2)14-8-10-7-11(13)3-4-12(10)15/h3-4,7,9,14-15H,5-6,8H2,1-2H3. The lowest BCUT2D eigenvalue weighted by Crippen LogP contribution is -2.26. The average molecular weight is 227 g/mol. The number of aromatic hydroxyl groups is 1. The minimum absolute atomic E-state index is 0.118. The topological polar surface area (TPSA) is 41.5 Å². The van der Waals surface area contributed by atoms with E-state index in [0.29, 0.717) is 18.7 Å². The van der Waals surface area contributed by atoms with Crippen molar-refractivity contribution in [1.82, 2.24) is 5.32 Å². The molecule has 0 saturated carbocycles. The quantitative estimate of drug-likeness (QED) is 0.781. The Morgan fingerprint density at radius 3 is 2.94 bits per heavy atom. The maximum absolute atomic E-state index is 12.9. The maximum atomic E-state index is 12.9. The molecule has 2 N–H and O–H groups in total. The molecule has 0 fully saturated rings. The molecule has 0 radical (unpaired) electrons. The van der Waals surface area contributed by atoms with Gasteiger partial charge in [-0.1, -0.05) is 0 Å². The van der Waals surface area contributed by atoms with Crippen molar-refractivity contribution >= 4 is 0 Å². The Balaban J connectivity index is 2.44. The number of hydrogen-bond donors (Lipinski definition) is 2. The van der Waals surface area contributed by atoms with E-state index in [1.165, 1.54) is 18.2 Å². The molecular formula is C12H18FNO2. The minimum Gasteiger partial charge on any atom is -0.508 e. The van der Waals surface area contributed by atoms with Crippen LogP contribution < -0.4 is 5.32 Å². The van der Waals surface area contributed by atoms with Gasteiger partial charge in [0.15, 0.2) is 0 Å². The fraction of sp³-hybridized carbons (Fsp3) is 0.500. The van der Waals surface area contributed by atoms with Crippen molar-refractivity contribution in [2.24, 2.45) is 0 Å². The monoisotopic (exact) mass is 227 g/mol. The third-order valence-electron chi connectivity index (χ3n) is 2.44. The van der Waals surface area contributed by atoms with Crippen LogP contribution in [0.15, 0.2) is 18.2 Å². The minimum atomic E-state index is -0.334. The molecule has 0 aromatic heterocycles. The normalized spacial score (nSPS) is 12.7. The molecule has 0 heterocycles. The zero-order valence-electron chi connectivity index (χ0n) is 9.66. The van der Waals surface area contributed by atoms with Gasteiger partial charge in [-0.05, 0) is 31.5 Å². The number of nitrogens with one attached hydrogen (secondary N) is 1. The molecule has 0 amide bonds. The van der Waals surface area contributed by atoms with E-state index in [0.717, 1.165) is 6.42 Å². The predicted molar refractivity (Wildman–Crippen MR) is 60.9 cm³/mol. The van der Waals surface area contributed by atoms with Gasteiger partial charge in [0.1, 0.15) is 11.6 Å². The van der Waals surface area contributed by atoms with Gasteiger partial charge in [0.05, 0.1) is 0 Å². The molecule has 1 unspecified atom stereocenters. The largest absolute Gasteiger partial charge is 0.508 e. The molecule has 3 nitrogen and oxygen atoms in total. The molecule has 0 saturated heterocycles. The Kier molecular flexibility index (Phi) is 5.22. The number of halogens is 1. The molecule has 0 bridgehead atoms. The van der Waals surface area contributed by atoms with E-state index in [4.69, 9.17) is 4.74 Å². The fourth-order valence-corrected chi connectivity index (χ4v) is 1.38. The summed E-state index contributed by atoms with van der Waals surface area (Å²) in [5.41, 5.74) is 0.573. The molecule has 4 heteroatoms. The second-order valence-corrected chi connectivity index (χ2v) is 3.84. The van der Waals surface area contributed by atoms with E-state index in [2.05, 4.69) is 5.32 Å². The molecule has 1 rings (SSSR count). The SMILES string of the molecule is COCCC(C)NCc1cc(F)ccc1O. The van der Waals surface area contributed by atoms with Crippen molar-refractivity contribution < 1.29 is 14.2 Å². The highest BCUT2D eigenvalue weighted by atomic mass is 19.1. The zero-order chi connectivity index (χ0) is 12.0. The lowest BCUT2D eigenvalue weighted by atomic mass is 10.1. The number of phenols is 1. The second kappa shape index (κ2) is 6.45. The Morgan fingerprint density at radius 1 is 1.50 bits per heavy atom. The van der Waals surface area contributed by atoms with E-state index in [9.17, 15) is 9.50 Å². The molecule has 1 aromatic carbocycles. The van der Waals surface area contributed by atoms with Crippen LogP contribution in [-0.4, -0.2) is 24.9 Å². The van der Waals surface area contributed by atoms with Crippen LogP contribution in [0.5, 0.6) is 5.75 Å². The summed E-state index contributed by atoms with van der Waals surface area (Å²) in [5.74, 6) is -0.216. The molecular weight excluding hydrogens is 209 g/mol. The maximum Gasteiger partial charge on any atom is 0.123 e. The van der Waals surface area contributed by atoms with Crippen molar-refractivity contribution in [2.75, 3.05) is 13.7 Å². The highest BCUT2D eigenvalue weighted by molar-refractivity contribution is 5.32. The summed E-state index contributed by atoms with van der Waals surface area (Å²) in [5, 5.41) is 12.7. The van der Waals surface area contributed by atoms with E-state index in [1.807, 2.05) is 6.92 Å². The van der Waals surface area contributed by atoms with Crippen molar-refractivity contribution in [1.29, 1.82) is 0 Å². The van der Waals surface area contributed by atoms with E-state index in [-0.39, 0.29) is 17.6 Å². The summed E-state index contributed by atoms with van der Waals surface area (Å²) in [6, 6.07) is 4.22. The van der Waals surface area contributed by atoms with Crippen LogP contribution in [-0.2, 0) is 11.3 Å². The van der Waals surface area contributed by atoms with Crippen molar-refractivity contribution in [3.8, 4) is 5.75 Å². The van der Waals surface area contributed by atoms with E-state index < -0.39 is 0 Å². The number of hydrogen-bond acceptors (Lipinski definition) is 3. The van der Waals surface area contributed by atoms with Gasteiger partial charge in [0.25, 0.3) is 0 Å². The first-order chi connectivity index (χ1) is 7.63. The molecule has 0 aliphatic heterocycles. The number of phenolic OH excluding ortho intramolecular Hbond substituents is 1. The first kappa shape index (κ1) is 12.9. The number of benzene rings is 1. The first-order valence-corrected chi connectivity index (χ1v) is 5.33. The Morgan fingerprint density at radius 2 is 2.25 bits per heavy atom. The highest BCUT2D eigenvalue weighted by Gasteiger charge is 2.05. The molecule has 1 atom stereocenters. The molecule has 0 aliphatic carbocycles. The summed E-state index contributed by atoms with van der Waals surface area (Å²) < 4.78 is 17.9. The lowest BCUT2D eigenvalue weighted by Gasteiger charge is -2.13. The van der Waals surface area contributed by atoms with Gasteiger partial charge in [-0.2, -0.15) is 0 Å². The summed E-state index contributed by atoms with van der Waals surface area (Å²) in [4.78, 5) is 0. The number of rotatable bonds is 6. The van der Waals surface area contributed by atoms with Gasteiger partial charge in [-0.25, -0.2) is 4.39 Å². The third kappa shape index (κ3) is 4.16. The Bertz CT molecular complexity index is 331. The van der Waals surface area contributed by atoms with Crippen molar-refractivity contribution in [3.63, 3.8) is 0 Å². The molecule has 0 aliphatic rings. The molecule has 1 aromatic rings. The number of ether oxygens (including phenoxy) is 1. The van der Waals surface area contributed by atoms with Gasteiger partial charge in [0, 0.05) is 31.9 Å². The second-order valence-electron chi connectivity index (χ2n) is 3.84. The van der Waals surface area contributed by atoms with Gasteiger partial charge in [-0.3, -0.25) is 0 Å². The van der Waals surface area contributed by atoms with Crippen LogP contribution in [0, 0.1) is 5.82 Å². The van der Waals surface area contributed by atoms with Gasteiger partial charge in [0.2, 0.25) is 0 Å². The van der Waals surface area contributed by atoms with E-state index in [1.54, 1.807) is 7.11 Å². The summed E-state index contributed by atoms with van der Waals surface area (Å²) in [7, 11) is 1.66. The fourth-order valence-electron chi connectivity index (χ4n) is 1.38. The zero-order valence-corrected chi connectivity index (χ0v) is 9.66. The Labute approximate surface area is 95.2 Å². The number of methoxy groups -OCH3 is 1. The van der Waals surface area contributed by atoms with Crippen LogP contribution in [0.2, 0.25) is 0 Å². The van der Waals surface area contributed by atoms with Crippen LogP contribution in [0.3, 0.4) is 0 Å². The van der Waals surface area contributed by atoms with Gasteiger partial charge >= 0.3 is 0 Å². The lowest BCUT2D eigenvalue weighted by molar-refractivity contribution is 0.184. The van der Waals surface area contributed by atoms with Crippen molar-refractivity contribution in [2.45, 2.75) is 25.9 Å². The van der Waals surface area contributed by atoms with Crippen LogP contribution in [0.4, 0.5) is 4.39 Å². The predicted octanol–water partition coefficient (Wildman–Crippen LogP) is 2.05. The highest BCUT2D eigenvalue weighted by Crippen LogP contribution is 2.17. The smallest absolute Gasteiger partial charge is 0.123 e. The summed E-state index contributed by atoms with van der Waals surface area (Å²) in [6.45, 7) is 3.16. The molecule has 90 valence electrons. The van der Waals surface area contributed by atoms with Gasteiger partial charge in [-0.15, -0.1) is 0 Å². The summed E-state index contributed by atoms with van der Waals surface area (Å²) >= 11 is 0. The van der Waals surface area contributed by atoms with Gasteiger partial charge < -0.3 is 15.2 Å².